The maximum atomic E-state index is 11.0. The summed E-state index contributed by atoms with van der Waals surface area (Å²) in [5.74, 6) is -0.165. The Morgan fingerprint density at radius 2 is 2.26 bits per heavy atom. The number of para-hydroxylation sites is 1. The smallest absolute Gasteiger partial charge is 0.305 e. The van der Waals surface area contributed by atoms with E-state index in [1.165, 1.54) is 7.11 Å². The lowest BCUT2D eigenvalue weighted by molar-refractivity contribution is -0.140. The van der Waals surface area contributed by atoms with Crippen molar-refractivity contribution in [3.8, 4) is 0 Å². The van der Waals surface area contributed by atoms with E-state index in [1.54, 1.807) is 0 Å². The predicted molar refractivity (Wildman–Crippen MR) is 88.2 cm³/mol. The van der Waals surface area contributed by atoms with Crippen LogP contribution in [0.2, 0.25) is 0 Å². The molecule has 0 aromatic heterocycles. The second-order valence-corrected chi connectivity index (χ2v) is 5.47. The number of methoxy groups -OCH3 is 1. The fourth-order valence-corrected chi connectivity index (χ4v) is 2.39. The minimum Gasteiger partial charge on any atom is -0.469 e. The third kappa shape index (κ3) is 6.56. The normalized spacial score (nSPS) is 17.7. The number of carbonyl (C=O) groups excluding carboxylic acids is 1. The summed E-state index contributed by atoms with van der Waals surface area (Å²) in [6, 6.07) is 8.12. The number of carbonyl (C=O) groups is 1. The Labute approximate surface area is 137 Å². The van der Waals surface area contributed by atoms with Gasteiger partial charge in [-0.2, -0.15) is 0 Å². The largest absolute Gasteiger partial charge is 0.469 e. The zero-order chi connectivity index (χ0) is 16.3. The quantitative estimate of drug-likeness (QED) is 0.535. The molecule has 6 nitrogen and oxygen atoms in total. The molecule has 0 bridgehead atoms. The highest BCUT2D eigenvalue weighted by Gasteiger charge is 2.13. The van der Waals surface area contributed by atoms with Crippen LogP contribution in [0.5, 0.6) is 0 Å². The lowest BCUT2D eigenvalue weighted by atomic mass is 10.2. The molecule has 1 aliphatic heterocycles. The van der Waals surface area contributed by atoms with E-state index in [0.717, 1.165) is 37.2 Å². The van der Waals surface area contributed by atoms with Gasteiger partial charge in [-0.05, 0) is 18.9 Å². The fourth-order valence-electron chi connectivity index (χ4n) is 2.39. The number of anilines is 1. The highest BCUT2D eigenvalue weighted by molar-refractivity contribution is 5.68. The summed E-state index contributed by atoms with van der Waals surface area (Å²) in [6.45, 7) is 3.46. The Morgan fingerprint density at radius 3 is 3.04 bits per heavy atom. The molecule has 1 heterocycles. The summed E-state index contributed by atoms with van der Waals surface area (Å²) in [4.78, 5) is 11.0. The van der Waals surface area contributed by atoms with Gasteiger partial charge in [0.2, 0.25) is 0 Å². The van der Waals surface area contributed by atoms with Crippen LogP contribution in [0.1, 0.15) is 24.8 Å². The van der Waals surface area contributed by atoms with E-state index in [-0.39, 0.29) is 12.1 Å². The summed E-state index contributed by atoms with van der Waals surface area (Å²) >= 11 is 0. The maximum absolute atomic E-state index is 11.0. The fraction of sp³-hybridized carbons (Fsp3) is 0.588. The molecule has 0 radical (unpaired) electrons. The summed E-state index contributed by atoms with van der Waals surface area (Å²) in [7, 11) is 1.41. The number of benzene rings is 1. The number of ether oxygens (including phenoxy) is 3. The molecule has 1 aliphatic rings. The topological polar surface area (TPSA) is 68.8 Å². The number of esters is 1. The number of morpholine rings is 1. The van der Waals surface area contributed by atoms with Gasteiger partial charge in [0.15, 0.2) is 0 Å². The monoisotopic (exact) mass is 322 g/mol. The molecule has 1 saturated heterocycles. The van der Waals surface area contributed by atoms with Crippen molar-refractivity contribution in [1.29, 1.82) is 0 Å². The molecule has 1 aromatic rings. The summed E-state index contributed by atoms with van der Waals surface area (Å²) in [5.41, 5.74) is 2.18. The first-order chi connectivity index (χ1) is 11.3. The van der Waals surface area contributed by atoms with Crippen molar-refractivity contribution in [2.24, 2.45) is 0 Å². The van der Waals surface area contributed by atoms with Gasteiger partial charge in [-0.1, -0.05) is 18.2 Å². The maximum Gasteiger partial charge on any atom is 0.305 e. The number of unbranched alkanes of at least 4 members (excludes halogenated alkanes) is 1. The zero-order valence-electron chi connectivity index (χ0n) is 13.7. The van der Waals surface area contributed by atoms with Crippen LogP contribution in [0.4, 0.5) is 5.69 Å². The molecule has 1 atom stereocenters. The third-order valence-corrected chi connectivity index (χ3v) is 3.67. The Bertz CT molecular complexity index is 475. The molecule has 1 unspecified atom stereocenters. The second-order valence-electron chi connectivity index (χ2n) is 5.47. The molecule has 0 aliphatic carbocycles. The van der Waals surface area contributed by atoms with E-state index in [0.29, 0.717) is 26.2 Å². The van der Waals surface area contributed by atoms with Gasteiger partial charge in [0.05, 0.1) is 26.9 Å². The second kappa shape index (κ2) is 10.2. The van der Waals surface area contributed by atoms with E-state index < -0.39 is 0 Å². The highest BCUT2D eigenvalue weighted by Crippen LogP contribution is 2.17. The number of hydrogen-bond acceptors (Lipinski definition) is 6. The molecule has 0 saturated carbocycles. The van der Waals surface area contributed by atoms with Crippen molar-refractivity contribution in [3.63, 3.8) is 0 Å². The molecule has 6 heteroatoms. The van der Waals surface area contributed by atoms with Gasteiger partial charge in [-0.3, -0.25) is 10.1 Å². The molecule has 23 heavy (non-hydrogen) atoms. The molecule has 0 amide bonds. The predicted octanol–water partition coefficient (Wildman–Crippen LogP) is 1.90. The van der Waals surface area contributed by atoms with Gasteiger partial charge in [0.1, 0.15) is 6.17 Å². The average molecular weight is 322 g/mol. The third-order valence-electron chi connectivity index (χ3n) is 3.67. The molecule has 128 valence electrons. The first kappa shape index (κ1) is 17.7. The van der Waals surface area contributed by atoms with Crippen LogP contribution >= 0.6 is 0 Å². The molecular weight excluding hydrogens is 296 g/mol. The lowest BCUT2D eigenvalue weighted by Crippen LogP contribution is -2.46. The van der Waals surface area contributed by atoms with Crippen molar-refractivity contribution in [2.45, 2.75) is 32.0 Å². The van der Waals surface area contributed by atoms with Gasteiger partial charge in [0, 0.05) is 30.8 Å². The van der Waals surface area contributed by atoms with Crippen LogP contribution in [0, 0.1) is 0 Å². The van der Waals surface area contributed by atoms with Crippen molar-refractivity contribution < 1.29 is 19.0 Å². The minimum absolute atomic E-state index is 0.130. The first-order valence-corrected chi connectivity index (χ1v) is 8.09. The van der Waals surface area contributed by atoms with Crippen LogP contribution in [0.15, 0.2) is 24.3 Å². The molecular formula is C17H26N2O4. The van der Waals surface area contributed by atoms with Crippen LogP contribution in [-0.2, 0) is 25.6 Å². The highest BCUT2D eigenvalue weighted by atomic mass is 16.5. The van der Waals surface area contributed by atoms with Crippen molar-refractivity contribution in [1.82, 2.24) is 5.32 Å². The minimum atomic E-state index is -0.165. The first-order valence-electron chi connectivity index (χ1n) is 8.09. The van der Waals surface area contributed by atoms with Crippen LogP contribution in [-0.4, -0.2) is 45.6 Å². The SMILES string of the molecule is COC(=O)CCCCOCc1ccccc1NC1COCCN1. The van der Waals surface area contributed by atoms with Crippen LogP contribution in [0.25, 0.3) is 0 Å². The van der Waals surface area contributed by atoms with Crippen LogP contribution in [0.3, 0.4) is 0 Å². The Balaban J connectivity index is 1.71. The average Bonchev–Trinajstić information content (AvgIpc) is 2.60. The van der Waals surface area contributed by atoms with Gasteiger partial charge in [-0.15, -0.1) is 0 Å². The number of rotatable bonds is 9. The van der Waals surface area contributed by atoms with Crippen LogP contribution < -0.4 is 10.6 Å². The van der Waals surface area contributed by atoms with Crippen molar-refractivity contribution >= 4 is 11.7 Å². The van der Waals surface area contributed by atoms with E-state index in [9.17, 15) is 4.79 Å². The summed E-state index contributed by atoms with van der Waals surface area (Å²) in [6.07, 6.45) is 2.22. The number of hydrogen-bond donors (Lipinski definition) is 2. The van der Waals surface area contributed by atoms with Gasteiger partial charge < -0.3 is 19.5 Å². The molecule has 1 aromatic carbocycles. The number of nitrogens with one attached hydrogen (secondary N) is 2. The van der Waals surface area contributed by atoms with Crippen molar-refractivity contribution in [2.75, 3.05) is 38.8 Å². The van der Waals surface area contributed by atoms with Gasteiger partial charge >= 0.3 is 5.97 Å². The standard InChI is InChI=1S/C17H26N2O4/c1-21-17(20)8-4-5-10-22-12-14-6-2-3-7-15(14)19-16-13-23-11-9-18-16/h2-3,6-7,16,18-19H,4-5,8-13H2,1H3. The Hall–Kier alpha value is -1.63. The van der Waals surface area contributed by atoms with E-state index >= 15 is 0 Å². The Morgan fingerprint density at radius 1 is 1.39 bits per heavy atom. The van der Waals surface area contributed by atoms with E-state index in [4.69, 9.17) is 9.47 Å². The summed E-state index contributed by atoms with van der Waals surface area (Å²) < 4.78 is 15.8. The molecule has 2 N–H and O–H groups in total. The molecule has 0 spiro atoms. The molecule has 2 rings (SSSR count). The zero-order valence-corrected chi connectivity index (χ0v) is 13.7. The Kier molecular flexibility index (Phi) is 7.86. The van der Waals surface area contributed by atoms with Gasteiger partial charge in [-0.25, -0.2) is 0 Å². The van der Waals surface area contributed by atoms with E-state index in [1.807, 2.05) is 18.2 Å². The van der Waals surface area contributed by atoms with E-state index in [2.05, 4.69) is 21.4 Å². The van der Waals surface area contributed by atoms with Gasteiger partial charge in [0.25, 0.3) is 0 Å². The van der Waals surface area contributed by atoms with Crippen molar-refractivity contribution in [3.05, 3.63) is 29.8 Å². The molecule has 1 fully saturated rings. The summed E-state index contributed by atoms with van der Waals surface area (Å²) in [5, 5.41) is 6.82. The lowest BCUT2D eigenvalue weighted by Gasteiger charge is -2.26.